The van der Waals surface area contributed by atoms with Gasteiger partial charge in [-0.25, -0.2) is 0 Å². The van der Waals surface area contributed by atoms with Gasteiger partial charge in [-0.2, -0.15) is 0 Å². The first-order valence-electron chi connectivity index (χ1n) is 7.87. The zero-order chi connectivity index (χ0) is 17.0. The lowest BCUT2D eigenvalue weighted by molar-refractivity contribution is 0.0657. The largest absolute Gasteiger partial charge is 0.493 e. The van der Waals surface area contributed by atoms with Crippen molar-refractivity contribution in [3.8, 4) is 17.2 Å². The minimum Gasteiger partial charge on any atom is -0.493 e. The summed E-state index contributed by atoms with van der Waals surface area (Å²) in [6.45, 7) is 3.41. The summed E-state index contributed by atoms with van der Waals surface area (Å²) in [5.74, 6) is 1.64. The fraction of sp³-hybridized carbons (Fsp3) is 0.588. The van der Waals surface area contributed by atoms with Crippen molar-refractivity contribution in [2.75, 3.05) is 34.4 Å². The summed E-state index contributed by atoms with van der Waals surface area (Å²) in [5.41, 5.74) is 6.49. The Labute approximate surface area is 149 Å². The SMILES string of the molecule is COc1ccc(C(=O)N2CCCC(C(C)N)C2)c(OC)c1OC.Cl. The number of hydrogen-bond acceptors (Lipinski definition) is 5. The second kappa shape index (κ2) is 8.99. The predicted octanol–water partition coefficient (Wildman–Crippen LogP) is 2.33. The second-order valence-corrected chi connectivity index (χ2v) is 5.89. The van der Waals surface area contributed by atoms with Crippen LogP contribution in [0.25, 0.3) is 0 Å². The maximum absolute atomic E-state index is 12.9. The smallest absolute Gasteiger partial charge is 0.257 e. The molecule has 2 N–H and O–H groups in total. The molecule has 0 spiro atoms. The van der Waals surface area contributed by atoms with Gasteiger partial charge >= 0.3 is 0 Å². The lowest BCUT2D eigenvalue weighted by Crippen LogP contribution is -2.45. The van der Waals surface area contributed by atoms with Crippen molar-refractivity contribution in [1.82, 2.24) is 4.90 Å². The van der Waals surface area contributed by atoms with Crippen LogP contribution in [-0.4, -0.2) is 51.3 Å². The Bertz CT molecular complexity index is 566. The van der Waals surface area contributed by atoms with Gasteiger partial charge in [0.05, 0.1) is 26.9 Å². The van der Waals surface area contributed by atoms with Gasteiger partial charge in [-0.1, -0.05) is 0 Å². The van der Waals surface area contributed by atoms with Gasteiger partial charge in [0, 0.05) is 19.1 Å². The van der Waals surface area contributed by atoms with Crippen molar-refractivity contribution in [3.63, 3.8) is 0 Å². The molecule has 1 aromatic rings. The summed E-state index contributed by atoms with van der Waals surface area (Å²) in [5, 5.41) is 0. The molecular formula is C17H27ClN2O4. The molecule has 1 fully saturated rings. The van der Waals surface area contributed by atoms with Gasteiger partial charge in [-0.05, 0) is 37.8 Å². The summed E-state index contributed by atoms with van der Waals surface area (Å²) in [6.07, 6.45) is 2.03. The Morgan fingerprint density at radius 2 is 1.88 bits per heavy atom. The first-order chi connectivity index (χ1) is 11.0. The molecule has 136 valence electrons. The van der Waals surface area contributed by atoms with Gasteiger partial charge < -0.3 is 24.8 Å². The number of piperidine rings is 1. The average Bonchev–Trinajstić information content (AvgIpc) is 2.59. The molecule has 0 radical (unpaired) electrons. The highest BCUT2D eigenvalue weighted by atomic mass is 35.5. The summed E-state index contributed by atoms with van der Waals surface area (Å²) in [6, 6.07) is 3.53. The van der Waals surface area contributed by atoms with E-state index >= 15 is 0 Å². The first kappa shape index (κ1) is 20.4. The molecule has 0 saturated carbocycles. The van der Waals surface area contributed by atoms with Crippen molar-refractivity contribution in [2.45, 2.75) is 25.8 Å². The molecular weight excluding hydrogens is 332 g/mol. The number of rotatable bonds is 5. The van der Waals surface area contributed by atoms with Crippen molar-refractivity contribution < 1.29 is 19.0 Å². The molecule has 1 heterocycles. The fourth-order valence-electron chi connectivity index (χ4n) is 3.06. The number of hydrogen-bond donors (Lipinski definition) is 1. The molecule has 1 aliphatic heterocycles. The molecule has 2 unspecified atom stereocenters. The van der Waals surface area contributed by atoms with Gasteiger partial charge in [0.15, 0.2) is 11.5 Å². The highest BCUT2D eigenvalue weighted by Gasteiger charge is 2.29. The number of likely N-dealkylation sites (tertiary alicyclic amines) is 1. The van der Waals surface area contributed by atoms with E-state index in [1.165, 1.54) is 14.2 Å². The van der Waals surface area contributed by atoms with Crippen LogP contribution in [-0.2, 0) is 0 Å². The Balaban J connectivity index is 0.00000288. The molecule has 2 atom stereocenters. The van der Waals surface area contributed by atoms with Crippen molar-refractivity contribution in [2.24, 2.45) is 11.7 Å². The van der Waals surface area contributed by atoms with E-state index in [-0.39, 0.29) is 24.4 Å². The zero-order valence-electron chi connectivity index (χ0n) is 14.7. The second-order valence-electron chi connectivity index (χ2n) is 5.89. The zero-order valence-corrected chi connectivity index (χ0v) is 15.5. The molecule has 24 heavy (non-hydrogen) atoms. The minimum absolute atomic E-state index is 0. The fourth-order valence-corrected chi connectivity index (χ4v) is 3.06. The number of nitrogens with two attached hydrogens (primary N) is 1. The van der Waals surface area contributed by atoms with Crippen molar-refractivity contribution >= 4 is 18.3 Å². The Hall–Kier alpha value is -1.66. The van der Waals surface area contributed by atoms with E-state index in [0.717, 1.165) is 19.4 Å². The third-order valence-electron chi connectivity index (χ3n) is 4.42. The molecule has 1 saturated heterocycles. The van der Waals surface area contributed by atoms with E-state index in [1.807, 2.05) is 11.8 Å². The van der Waals surface area contributed by atoms with E-state index in [1.54, 1.807) is 19.2 Å². The maximum atomic E-state index is 12.9. The predicted molar refractivity (Wildman–Crippen MR) is 95.6 cm³/mol. The van der Waals surface area contributed by atoms with Crippen LogP contribution in [0.2, 0.25) is 0 Å². The minimum atomic E-state index is -0.0619. The van der Waals surface area contributed by atoms with Gasteiger partial charge in [0.1, 0.15) is 0 Å². The quantitative estimate of drug-likeness (QED) is 0.874. The highest BCUT2D eigenvalue weighted by molar-refractivity contribution is 5.98. The van der Waals surface area contributed by atoms with Crippen LogP contribution in [0.5, 0.6) is 17.2 Å². The monoisotopic (exact) mass is 358 g/mol. The normalized spacial score (nSPS) is 18.4. The maximum Gasteiger partial charge on any atom is 0.257 e. The van der Waals surface area contributed by atoms with E-state index < -0.39 is 0 Å². The average molecular weight is 359 g/mol. The van der Waals surface area contributed by atoms with Crippen LogP contribution >= 0.6 is 12.4 Å². The van der Waals surface area contributed by atoms with E-state index in [4.69, 9.17) is 19.9 Å². The van der Waals surface area contributed by atoms with Gasteiger partial charge in [-0.15, -0.1) is 12.4 Å². The van der Waals surface area contributed by atoms with Gasteiger partial charge in [0.25, 0.3) is 5.91 Å². The number of nitrogens with zero attached hydrogens (tertiary/aromatic N) is 1. The lowest BCUT2D eigenvalue weighted by atomic mass is 9.92. The summed E-state index contributed by atoms with van der Waals surface area (Å²) in [4.78, 5) is 14.8. The molecule has 0 aliphatic carbocycles. The summed E-state index contributed by atoms with van der Waals surface area (Å²) < 4.78 is 16.0. The van der Waals surface area contributed by atoms with Crippen LogP contribution in [0.4, 0.5) is 0 Å². The van der Waals surface area contributed by atoms with Crippen LogP contribution in [0.3, 0.4) is 0 Å². The van der Waals surface area contributed by atoms with Gasteiger partial charge in [-0.3, -0.25) is 4.79 Å². The van der Waals surface area contributed by atoms with Crippen molar-refractivity contribution in [3.05, 3.63) is 17.7 Å². The number of halogens is 1. The lowest BCUT2D eigenvalue weighted by Gasteiger charge is -2.35. The number of methoxy groups -OCH3 is 3. The molecule has 6 nitrogen and oxygen atoms in total. The number of carbonyl (C=O) groups excluding carboxylic acids is 1. The Kier molecular flexibility index (Phi) is 7.63. The number of ether oxygens (including phenoxy) is 3. The molecule has 0 bridgehead atoms. The highest BCUT2D eigenvalue weighted by Crippen LogP contribution is 2.40. The van der Waals surface area contributed by atoms with E-state index in [9.17, 15) is 4.79 Å². The number of carbonyl (C=O) groups is 1. The molecule has 7 heteroatoms. The number of benzene rings is 1. The summed E-state index contributed by atoms with van der Waals surface area (Å²) >= 11 is 0. The van der Waals surface area contributed by atoms with Crippen LogP contribution in [0.1, 0.15) is 30.1 Å². The van der Waals surface area contributed by atoms with E-state index in [2.05, 4.69) is 0 Å². The summed E-state index contributed by atoms with van der Waals surface area (Å²) in [7, 11) is 4.60. The molecule has 0 aromatic heterocycles. The molecule has 1 aliphatic rings. The van der Waals surface area contributed by atoms with Crippen LogP contribution < -0.4 is 19.9 Å². The molecule has 1 aromatic carbocycles. The van der Waals surface area contributed by atoms with Gasteiger partial charge in [0.2, 0.25) is 5.75 Å². The van der Waals surface area contributed by atoms with Crippen LogP contribution in [0.15, 0.2) is 12.1 Å². The Morgan fingerprint density at radius 1 is 1.21 bits per heavy atom. The standard InChI is InChI=1S/C17H26N2O4.ClH/c1-11(18)12-6-5-9-19(10-12)17(20)13-7-8-14(21-2)16(23-4)15(13)22-3;/h7-8,11-12H,5-6,9-10,18H2,1-4H3;1H. The third kappa shape index (κ3) is 4.05. The number of amides is 1. The van der Waals surface area contributed by atoms with Crippen LogP contribution in [0, 0.1) is 5.92 Å². The van der Waals surface area contributed by atoms with E-state index in [0.29, 0.717) is 35.3 Å². The van der Waals surface area contributed by atoms with Crippen molar-refractivity contribution in [1.29, 1.82) is 0 Å². The first-order valence-corrected chi connectivity index (χ1v) is 7.87. The third-order valence-corrected chi connectivity index (χ3v) is 4.42. The topological polar surface area (TPSA) is 74.0 Å². The molecule has 1 amide bonds. The Morgan fingerprint density at radius 3 is 2.42 bits per heavy atom. The molecule has 2 rings (SSSR count).